The Hall–Kier alpha value is -2.87. The first-order valence-corrected chi connectivity index (χ1v) is 10.8. The molecule has 0 aliphatic heterocycles. The van der Waals surface area contributed by atoms with Gasteiger partial charge in [-0.05, 0) is 37.1 Å². The predicted octanol–water partition coefficient (Wildman–Crippen LogP) is 4.56. The number of amides is 1. The van der Waals surface area contributed by atoms with Gasteiger partial charge in [0.15, 0.2) is 11.5 Å². The highest BCUT2D eigenvalue weighted by atomic mass is 32.1. The summed E-state index contributed by atoms with van der Waals surface area (Å²) in [6.07, 6.45) is 0. The average Bonchev–Trinajstić information content (AvgIpc) is 3.07. The van der Waals surface area contributed by atoms with E-state index in [1.54, 1.807) is 21.3 Å². The average molecular weight is 444 g/mol. The summed E-state index contributed by atoms with van der Waals surface area (Å²) in [5.74, 6) is 2.24. The first kappa shape index (κ1) is 22.8. The molecule has 0 spiro atoms. The summed E-state index contributed by atoms with van der Waals surface area (Å²) in [7, 11) is 4.69. The number of aromatic nitrogens is 2. The Morgan fingerprint density at radius 1 is 1.03 bits per heavy atom. The normalized spacial score (nSPS) is 11.5. The third kappa shape index (κ3) is 4.44. The number of aryl methyl sites for hydroxylation is 2. The maximum atomic E-state index is 13.0. The van der Waals surface area contributed by atoms with Crippen molar-refractivity contribution in [2.24, 2.45) is 0 Å². The fourth-order valence-electron chi connectivity index (χ4n) is 3.39. The maximum Gasteiger partial charge on any atom is 0.261 e. The predicted molar refractivity (Wildman–Crippen MR) is 123 cm³/mol. The molecule has 2 heterocycles. The Morgan fingerprint density at radius 3 is 2.16 bits per heavy atom. The van der Waals surface area contributed by atoms with Crippen molar-refractivity contribution in [3.8, 4) is 17.2 Å². The van der Waals surface area contributed by atoms with E-state index in [4.69, 9.17) is 19.2 Å². The van der Waals surface area contributed by atoms with E-state index in [2.05, 4.69) is 31.1 Å². The number of hydrogen-bond donors (Lipinski definition) is 1. The molecule has 0 aliphatic rings. The third-order valence-electron chi connectivity index (χ3n) is 5.03. The molecule has 2 aromatic heterocycles. The standard InChI is InChI=1S/C23H29N3O4S/c1-12-17-13(2)25-22(23(3,4)5)26-21(17)31-19(12)20(27)24-11-14-9-15(28-6)18(30-8)16(10-14)29-7/h9-10H,11H2,1-8H3,(H,24,27). The number of carbonyl (C=O) groups is 1. The summed E-state index contributed by atoms with van der Waals surface area (Å²) in [5.41, 5.74) is 2.48. The van der Waals surface area contributed by atoms with Crippen molar-refractivity contribution in [1.29, 1.82) is 0 Å². The molecule has 0 unspecified atom stereocenters. The fourth-order valence-corrected chi connectivity index (χ4v) is 4.54. The Labute approximate surface area is 186 Å². The Kier molecular flexibility index (Phi) is 6.40. The lowest BCUT2D eigenvalue weighted by Crippen LogP contribution is -2.22. The lowest BCUT2D eigenvalue weighted by atomic mass is 9.95. The van der Waals surface area contributed by atoms with Crippen LogP contribution in [0.2, 0.25) is 0 Å². The molecular formula is C23H29N3O4S. The van der Waals surface area contributed by atoms with Gasteiger partial charge in [-0.3, -0.25) is 4.79 Å². The van der Waals surface area contributed by atoms with Gasteiger partial charge >= 0.3 is 0 Å². The van der Waals surface area contributed by atoms with Crippen LogP contribution in [0.4, 0.5) is 0 Å². The minimum Gasteiger partial charge on any atom is -0.493 e. The van der Waals surface area contributed by atoms with E-state index < -0.39 is 0 Å². The van der Waals surface area contributed by atoms with Crippen LogP contribution >= 0.6 is 11.3 Å². The van der Waals surface area contributed by atoms with Gasteiger partial charge in [-0.1, -0.05) is 20.8 Å². The van der Waals surface area contributed by atoms with Gasteiger partial charge in [0.05, 0.1) is 31.9 Å². The second-order valence-electron chi connectivity index (χ2n) is 8.34. The maximum absolute atomic E-state index is 13.0. The zero-order valence-electron chi connectivity index (χ0n) is 19.3. The molecule has 0 bridgehead atoms. The molecule has 1 aromatic carbocycles. The number of ether oxygens (including phenoxy) is 3. The Balaban J connectivity index is 1.89. The summed E-state index contributed by atoms with van der Waals surface area (Å²) in [6.45, 7) is 10.5. The Bertz CT molecular complexity index is 1110. The van der Waals surface area contributed by atoms with Gasteiger partial charge in [-0.2, -0.15) is 0 Å². The van der Waals surface area contributed by atoms with Crippen LogP contribution < -0.4 is 19.5 Å². The molecule has 166 valence electrons. The third-order valence-corrected chi connectivity index (χ3v) is 6.21. The molecule has 0 atom stereocenters. The van der Waals surface area contributed by atoms with E-state index >= 15 is 0 Å². The van der Waals surface area contributed by atoms with Gasteiger partial charge in [-0.15, -0.1) is 11.3 Å². The molecule has 0 radical (unpaired) electrons. The lowest BCUT2D eigenvalue weighted by Gasteiger charge is -2.16. The first-order chi connectivity index (χ1) is 14.6. The lowest BCUT2D eigenvalue weighted by molar-refractivity contribution is 0.0954. The minimum absolute atomic E-state index is 0.147. The van der Waals surface area contributed by atoms with Crippen LogP contribution in [0.3, 0.4) is 0 Å². The van der Waals surface area contributed by atoms with Crippen molar-refractivity contribution >= 4 is 27.5 Å². The molecule has 1 amide bonds. The van der Waals surface area contributed by atoms with Crippen LogP contribution in [0.1, 0.15) is 53.1 Å². The van der Waals surface area contributed by atoms with Crippen LogP contribution in [-0.2, 0) is 12.0 Å². The van der Waals surface area contributed by atoms with Crippen molar-refractivity contribution < 1.29 is 19.0 Å². The van der Waals surface area contributed by atoms with E-state index in [-0.39, 0.29) is 11.3 Å². The molecule has 3 aromatic rings. The summed E-state index contributed by atoms with van der Waals surface area (Å²) in [6, 6.07) is 3.65. The van der Waals surface area contributed by atoms with E-state index in [1.807, 2.05) is 26.0 Å². The summed E-state index contributed by atoms with van der Waals surface area (Å²) >= 11 is 1.40. The van der Waals surface area contributed by atoms with Crippen molar-refractivity contribution in [1.82, 2.24) is 15.3 Å². The van der Waals surface area contributed by atoms with Gasteiger partial charge in [0.1, 0.15) is 10.7 Å². The summed E-state index contributed by atoms with van der Waals surface area (Å²) < 4.78 is 16.1. The Morgan fingerprint density at radius 2 is 1.65 bits per heavy atom. The molecular weight excluding hydrogens is 414 g/mol. The number of nitrogens with one attached hydrogen (secondary N) is 1. The number of fused-ring (bicyclic) bond motifs is 1. The van der Waals surface area contributed by atoms with Crippen LogP contribution in [-0.4, -0.2) is 37.2 Å². The smallest absolute Gasteiger partial charge is 0.261 e. The first-order valence-electron chi connectivity index (χ1n) is 9.96. The summed E-state index contributed by atoms with van der Waals surface area (Å²) in [4.78, 5) is 23.9. The monoisotopic (exact) mass is 443 g/mol. The number of hydrogen-bond acceptors (Lipinski definition) is 7. The highest BCUT2D eigenvalue weighted by molar-refractivity contribution is 7.20. The van der Waals surface area contributed by atoms with E-state index in [1.165, 1.54) is 11.3 Å². The number of thiophene rings is 1. The van der Waals surface area contributed by atoms with Gasteiger partial charge < -0.3 is 19.5 Å². The number of methoxy groups -OCH3 is 3. The molecule has 31 heavy (non-hydrogen) atoms. The SMILES string of the molecule is COc1cc(CNC(=O)c2sc3nc(C(C)(C)C)nc(C)c3c2C)cc(OC)c1OC. The number of benzene rings is 1. The summed E-state index contributed by atoms with van der Waals surface area (Å²) in [5, 5.41) is 3.95. The fraction of sp³-hybridized carbons (Fsp3) is 0.435. The zero-order valence-corrected chi connectivity index (χ0v) is 20.1. The van der Waals surface area contributed by atoms with Gasteiger partial charge in [0.2, 0.25) is 5.75 Å². The second-order valence-corrected chi connectivity index (χ2v) is 9.33. The quantitative estimate of drug-likeness (QED) is 0.601. The van der Waals surface area contributed by atoms with Crippen molar-refractivity contribution in [2.45, 2.75) is 46.6 Å². The molecule has 0 aliphatic carbocycles. The zero-order chi connectivity index (χ0) is 22.9. The van der Waals surface area contributed by atoms with Crippen LogP contribution in [0, 0.1) is 13.8 Å². The number of nitrogens with zero attached hydrogens (tertiary/aromatic N) is 2. The van der Waals surface area contributed by atoms with Gasteiger partial charge in [-0.25, -0.2) is 9.97 Å². The molecule has 8 heteroatoms. The van der Waals surface area contributed by atoms with Crippen molar-refractivity contribution in [3.63, 3.8) is 0 Å². The molecule has 0 fully saturated rings. The van der Waals surface area contributed by atoms with Crippen molar-refractivity contribution in [2.75, 3.05) is 21.3 Å². The van der Waals surface area contributed by atoms with E-state index in [9.17, 15) is 4.79 Å². The van der Waals surface area contributed by atoms with Crippen LogP contribution in [0.25, 0.3) is 10.2 Å². The highest BCUT2D eigenvalue weighted by Crippen LogP contribution is 2.38. The van der Waals surface area contributed by atoms with Crippen LogP contribution in [0.5, 0.6) is 17.2 Å². The van der Waals surface area contributed by atoms with Crippen molar-refractivity contribution in [3.05, 3.63) is 39.7 Å². The van der Waals surface area contributed by atoms with E-state index in [0.717, 1.165) is 32.9 Å². The highest BCUT2D eigenvalue weighted by Gasteiger charge is 2.23. The molecule has 1 N–H and O–H groups in total. The van der Waals surface area contributed by atoms with Crippen LogP contribution in [0.15, 0.2) is 12.1 Å². The van der Waals surface area contributed by atoms with E-state index in [0.29, 0.717) is 28.7 Å². The topological polar surface area (TPSA) is 82.6 Å². The van der Waals surface area contributed by atoms with Gasteiger partial charge in [0, 0.05) is 17.3 Å². The molecule has 0 saturated heterocycles. The second kappa shape index (κ2) is 8.70. The molecule has 0 saturated carbocycles. The van der Waals surface area contributed by atoms with Gasteiger partial charge in [0.25, 0.3) is 5.91 Å². The largest absolute Gasteiger partial charge is 0.493 e. The minimum atomic E-state index is -0.161. The number of rotatable bonds is 6. The molecule has 3 rings (SSSR count). The molecule has 7 nitrogen and oxygen atoms in total. The number of carbonyl (C=O) groups excluding carboxylic acids is 1.